The monoisotopic (exact) mass is 428 g/mol. The van der Waals surface area contributed by atoms with E-state index in [0.29, 0.717) is 23.4 Å². The van der Waals surface area contributed by atoms with Gasteiger partial charge in [0.25, 0.3) is 0 Å². The number of aromatic hydroxyl groups is 1. The highest BCUT2D eigenvalue weighted by molar-refractivity contribution is 5.98. The van der Waals surface area contributed by atoms with Gasteiger partial charge >= 0.3 is 5.97 Å². The van der Waals surface area contributed by atoms with Gasteiger partial charge in [0.1, 0.15) is 5.60 Å². The van der Waals surface area contributed by atoms with E-state index in [1.54, 1.807) is 39.0 Å². The van der Waals surface area contributed by atoms with Gasteiger partial charge in [-0.2, -0.15) is 0 Å². The number of phenolic OH excluding ortho intramolecular Hbond substituents is 1. The van der Waals surface area contributed by atoms with Crippen molar-refractivity contribution < 1.29 is 29.0 Å². The minimum absolute atomic E-state index is 0.0320. The molecule has 2 N–H and O–H groups in total. The first-order valence-electron chi connectivity index (χ1n) is 9.93. The summed E-state index contributed by atoms with van der Waals surface area (Å²) in [7, 11) is 1.46. The van der Waals surface area contributed by atoms with Gasteiger partial charge in [-0.15, -0.1) is 0 Å². The molecule has 31 heavy (non-hydrogen) atoms. The van der Waals surface area contributed by atoms with Crippen molar-refractivity contribution in [2.24, 2.45) is 0 Å². The van der Waals surface area contributed by atoms with Gasteiger partial charge in [-0.25, -0.2) is 0 Å². The van der Waals surface area contributed by atoms with Gasteiger partial charge < -0.3 is 19.9 Å². The highest BCUT2D eigenvalue weighted by atomic mass is 16.6. The molecular weight excluding hydrogens is 400 g/mol. The molecule has 1 heterocycles. The molecular formula is C23H28N2O6. The molecule has 0 bridgehead atoms. The van der Waals surface area contributed by atoms with Crippen LogP contribution < -0.4 is 10.1 Å². The van der Waals surface area contributed by atoms with Crippen molar-refractivity contribution in [1.29, 1.82) is 0 Å². The third-order valence-corrected chi connectivity index (χ3v) is 4.21. The highest BCUT2D eigenvalue weighted by Crippen LogP contribution is 2.27. The van der Waals surface area contributed by atoms with Gasteiger partial charge in [0.15, 0.2) is 17.3 Å². The van der Waals surface area contributed by atoms with Gasteiger partial charge in [-0.3, -0.25) is 19.4 Å². The summed E-state index contributed by atoms with van der Waals surface area (Å²) in [5, 5.41) is 12.3. The third kappa shape index (κ3) is 8.08. The summed E-state index contributed by atoms with van der Waals surface area (Å²) in [5.74, 6) is -0.562. The van der Waals surface area contributed by atoms with E-state index >= 15 is 0 Å². The number of methoxy groups -OCH3 is 1. The largest absolute Gasteiger partial charge is 0.504 e. The van der Waals surface area contributed by atoms with Gasteiger partial charge in [0, 0.05) is 24.6 Å². The fraction of sp³-hybridized carbons (Fsp3) is 0.391. The number of aryl methyl sites for hydroxylation is 1. The van der Waals surface area contributed by atoms with Crippen LogP contribution in [0.5, 0.6) is 11.5 Å². The van der Waals surface area contributed by atoms with Gasteiger partial charge in [0.2, 0.25) is 5.91 Å². The Morgan fingerprint density at radius 1 is 1.06 bits per heavy atom. The van der Waals surface area contributed by atoms with E-state index in [4.69, 9.17) is 9.47 Å². The number of anilines is 1. The second-order valence-corrected chi connectivity index (χ2v) is 8.03. The van der Waals surface area contributed by atoms with Crippen LogP contribution in [-0.2, 0) is 20.7 Å². The summed E-state index contributed by atoms with van der Waals surface area (Å²) < 4.78 is 10.2. The van der Waals surface area contributed by atoms with Crippen molar-refractivity contribution in [3.05, 3.63) is 47.8 Å². The van der Waals surface area contributed by atoms with Crippen LogP contribution in [0.15, 0.2) is 36.7 Å². The van der Waals surface area contributed by atoms with Crippen molar-refractivity contribution in [3.63, 3.8) is 0 Å². The molecule has 2 aromatic rings. The van der Waals surface area contributed by atoms with Crippen molar-refractivity contribution in [2.75, 3.05) is 12.4 Å². The molecule has 0 saturated heterocycles. The predicted octanol–water partition coefficient (Wildman–Crippen LogP) is 3.67. The zero-order chi connectivity index (χ0) is 23.0. The normalized spacial score (nSPS) is 11.0. The summed E-state index contributed by atoms with van der Waals surface area (Å²) in [6.45, 7) is 5.28. The lowest BCUT2D eigenvalue weighted by molar-refractivity contribution is -0.155. The Hall–Kier alpha value is -3.42. The topological polar surface area (TPSA) is 115 Å². The van der Waals surface area contributed by atoms with Crippen molar-refractivity contribution in [2.45, 2.75) is 52.1 Å². The molecule has 1 aromatic heterocycles. The number of esters is 1. The lowest BCUT2D eigenvalue weighted by Gasteiger charge is -2.19. The van der Waals surface area contributed by atoms with E-state index in [1.807, 2.05) is 0 Å². The second kappa shape index (κ2) is 10.6. The summed E-state index contributed by atoms with van der Waals surface area (Å²) in [5.41, 5.74) is 1.00. The van der Waals surface area contributed by atoms with E-state index in [0.717, 1.165) is 5.56 Å². The number of Topliss-reactive ketones (excluding diaryl/α,β-unsaturated/α-hetero) is 1. The molecule has 166 valence electrons. The number of aromatic nitrogens is 1. The van der Waals surface area contributed by atoms with Crippen LogP contribution in [0.25, 0.3) is 0 Å². The van der Waals surface area contributed by atoms with Crippen LogP contribution in [0.1, 0.15) is 56.0 Å². The summed E-state index contributed by atoms with van der Waals surface area (Å²) in [4.78, 5) is 40.4. The molecule has 0 aliphatic carbocycles. The number of nitrogens with one attached hydrogen (secondary N) is 1. The van der Waals surface area contributed by atoms with Crippen LogP contribution in [-0.4, -0.2) is 40.5 Å². The van der Waals surface area contributed by atoms with Crippen LogP contribution >= 0.6 is 0 Å². The van der Waals surface area contributed by atoms with Crippen molar-refractivity contribution in [3.8, 4) is 11.5 Å². The molecule has 0 radical (unpaired) electrons. The zero-order valence-electron chi connectivity index (χ0n) is 18.2. The lowest BCUT2D eigenvalue weighted by atomic mass is 10.0. The number of hydrogen-bond acceptors (Lipinski definition) is 7. The fourth-order valence-corrected chi connectivity index (χ4v) is 2.77. The number of ketones is 1. The summed E-state index contributed by atoms with van der Waals surface area (Å²) in [6, 6.07) is 6.48. The average molecular weight is 428 g/mol. The maximum absolute atomic E-state index is 12.5. The van der Waals surface area contributed by atoms with E-state index < -0.39 is 11.6 Å². The average Bonchev–Trinajstić information content (AvgIpc) is 2.70. The van der Waals surface area contributed by atoms with Crippen LogP contribution in [0.3, 0.4) is 0 Å². The molecule has 8 nitrogen and oxygen atoms in total. The number of hydrogen-bond donors (Lipinski definition) is 2. The maximum Gasteiger partial charge on any atom is 0.306 e. The number of benzene rings is 1. The van der Waals surface area contributed by atoms with Gasteiger partial charge in [-0.1, -0.05) is 6.07 Å². The van der Waals surface area contributed by atoms with Crippen molar-refractivity contribution >= 4 is 23.3 Å². The van der Waals surface area contributed by atoms with Gasteiger partial charge in [0.05, 0.1) is 25.4 Å². The first kappa shape index (κ1) is 23.9. The van der Waals surface area contributed by atoms with Gasteiger partial charge in [-0.05, 0) is 51.0 Å². The van der Waals surface area contributed by atoms with E-state index in [-0.39, 0.29) is 36.7 Å². The number of carbonyl (C=O) groups excluding carboxylic acids is 3. The molecule has 0 fully saturated rings. The molecule has 2 rings (SSSR count). The van der Waals surface area contributed by atoms with E-state index in [9.17, 15) is 19.5 Å². The second-order valence-electron chi connectivity index (χ2n) is 8.03. The Bertz CT molecular complexity index is 949. The third-order valence-electron chi connectivity index (χ3n) is 4.21. The molecule has 0 saturated carbocycles. The molecule has 0 aliphatic rings. The Kier molecular flexibility index (Phi) is 8.13. The van der Waals surface area contributed by atoms with Crippen LogP contribution in [0, 0.1) is 0 Å². The van der Waals surface area contributed by atoms with E-state index in [2.05, 4.69) is 10.3 Å². The Morgan fingerprint density at radius 2 is 1.81 bits per heavy atom. The number of pyridine rings is 1. The summed E-state index contributed by atoms with van der Waals surface area (Å²) >= 11 is 0. The van der Waals surface area contributed by atoms with Crippen LogP contribution in [0.4, 0.5) is 5.69 Å². The Balaban J connectivity index is 1.90. The maximum atomic E-state index is 12.5. The minimum atomic E-state index is -0.600. The number of rotatable bonds is 9. The molecule has 0 aliphatic heterocycles. The molecule has 0 atom stereocenters. The Labute approximate surface area is 181 Å². The number of phenols is 1. The molecule has 1 aromatic carbocycles. The molecule has 0 unspecified atom stereocenters. The fourth-order valence-electron chi connectivity index (χ4n) is 2.77. The van der Waals surface area contributed by atoms with Crippen LogP contribution in [0.2, 0.25) is 0 Å². The molecule has 0 spiro atoms. The first-order valence-corrected chi connectivity index (χ1v) is 9.93. The van der Waals surface area contributed by atoms with Crippen molar-refractivity contribution in [1.82, 2.24) is 4.98 Å². The lowest BCUT2D eigenvalue weighted by Crippen LogP contribution is -2.24. The highest BCUT2D eigenvalue weighted by Gasteiger charge is 2.17. The number of ether oxygens (including phenoxy) is 2. The number of carbonyl (C=O) groups is 3. The number of amides is 1. The number of nitrogens with zero attached hydrogens (tertiary/aromatic N) is 1. The standard InChI is InChI=1S/C23H28N2O6/c1-23(2,3)31-22(29)10-9-21(28)25-17-12-16(13-24-14-17)18(26)7-5-15-6-8-19(27)20(11-15)30-4/h6,8,11-14,27H,5,7,9-10H2,1-4H3,(H,25,28). The zero-order valence-corrected chi connectivity index (χ0v) is 18.2. The molecule has 8 heteroatoms. The van der Waals surface area contributed by atoms with E-state index in [1.165, 1.54) is 25.6 Å². The first-order chi connectivity index (χ1) is 14.6. The summed E-state index contributed by atoms with van der Waals surface area (Å²) in [6.07, 6.45) is 3.50. The molecule has 1 amide bonds. The smallest absolute Gasteiger partial charge is 0.306 e. The predicted molar refractivity (Wildman–Crippen MR) is 115 cm³/mol. The minimum Gasteiger partial charge on any atom is -0.504 e. The quantitative estimate of drug-likeness (QED) is 0.462. The SMILES string of the molecule is COc1cc(CCC(=O)c2cncc(NC(=O)CCC(=O)OC(C)(C)C)c2)ccc1O. The Morgan fingerprint density at radius 3 is 2.48 bits per heavy atom.